The topological polar surface area (TPSA) is 69.5 Å². The molecule has 3 heterocycles. The van der Waals surface area contributed by atoms with Crippen molar-refractivity contribution in [2.75, 3.05) is 19.1 Å². The monoisotopic (exact) mass is 470 g/mol. The van der Waals surface area contributed by atoms with Crippen molar-refractivity contribution in [1.82, 2.24) is 19.7 Å². The predicted molar refractivity (Wildman–Crippen MR) is 129 cm³/mol. The molecule has 0 atom stereocenters. The number of hydrogen-bond acceptors (Lipinski definition) is 6. The second-order valence-electron chi connectivity index (χ2n) is 8.17. The highest BCUT2D eigenvalue weighted by molar-refractivity contribution is 7.99. The first-order chi connectivity index (χ1) is 16.8. The molecular formula is C26H22N4O3S. The van der Waals surface area contributed by atoms with Gasteiger partial charge in [-0.2, -0.15) is 0 Å². The van der Waals surface area contributed by atoms with Crippen LogP contribution in [0.1, 0.15) is 11.1 Å². The van der Waals surface area contributed by atoms with Crippen LogP contribution in [0.5, 0.6) is 11.5 Å². The first kappa shape index (κ1) is 20.8. The zero-order valence-corrected chi connectivity index (χ0v) is 19.2. The standard InChI is InChI=1S/C26H22N4O3S/c31-24(29-13-12-18-6-4-5-7-20(18)15-29)16-34-26-28-27-25(30(26)21-8-2-1-3-9-21)19-10-11-22-23(14-19)33-17-32-22/h1-11,14H,12-13,15-17H2. The SMILES string of the molecule is O=C(CSc1nnc(-c2ccc3c(c2)OCO3)n1-c1ccccc1)N1CCc2ccccc2C1. The van der Waals surface area contributed by atoms with E-state index in [1.54, 1.807) is 0 Å². The van der Waals surface area contributed by atoms with Gasteiger partial charge in [-0.15, -0.1) is 10.2 Å². The molecule has 2 aliphatic heterocycles. The highest BCUT2D eigenvalue weighted by Crippen LogP contribution is 2.37. The number of carbonyl (C=O) groups excluding carboxylic acids is 1. The minimum Gasteiger partial charge on any atom is -0.454 e. The third kappa shape index (κ3) is 3.90. The fourth-order valence-electron chi connectivity index (χ4n) is 4.32. The quantitative estimate of drug-likeness (QED) is 0.404. The summed E-state index contributed by atoms with van der Waals surface area (Å²) >= 11 is 1.41. The molecule has 0 fully saturated rings. The smallest absolute Gasteiger partial charge is 0.233 e. The molecule has 1 amide bonds. The number of ether oxygens (including phenoxy) is 2. The van der Waals surface area contributed by atoms with Crippen LogP contribution in [-0.2, 0) is 17.8 Å². The van der Waals surface area contributed by atoms with Gasteiger partial charge in [-0.1, -0.05) is 54.2 Å². The fraction of sp³-hybridized carbons (Fsp3) is 0.192. The van der Waals surface area contributed by atoms with Crippen molar-refractivity contribution < 1.29 is 14.3 Å². The van der Waals surface area contributed by atoms with E-state index in [2.05, 4.69) is 28.4 Å². The van der Waals surface area contributed by atoms with E-state index in [4.69, 9.17) is 9.47 Å². The molecule has 170 valence electrons. The first-order valence-electron chi connectivity index (χ1n) is 11.1. The Kier molecular flexibility index (Phi) is 5.43. The van der Waals surface area contributed by atoms with Crippen LogP contribution < -0.4 is 9.47 Å². The summed E-state index contributed by atoms with van der Waals surface area (Å²) < 4.78 is 13.0. The van der Waals surface area contributed by atoms with Crippen LogP contribution in [0.25, 0.3) is 17.1 Å². The van der Waals surface area contributed by atoms with Crippen molar-refractivity contribution in [2.24, 2.45) is 0 Å². The van der Waals surface area contributed by atoms with Crippen LogP contribution in [0.3, 0.4) is 0 Å². The molecule has 0 aliphatic carbocycles. The molecule has 1 aromatic heterocycles. The van der Waals surface area contributed by atoms with Crippen LogP contribution in [0.4, 0.5) is 0 Å². The van der Waals surface area contributed by atoms with Crippen LogP contribution in [-0.4, -0.2) is 44.7 Å². The maximum Gasteiger partial charge on any atom is 0.233 e. The van der Waals surface area contributed by atoms with E-state index in [0.29, 0.717) is 29.0 Å². The molecule has 0 saturated heterocycles. The van der Waals surface area contributed by atoms with Gasteiger partial charge in [-0.25, -0.2) is 0 Å². The van der Waals surface area contributed by atoms with E-state index in [1.165, 1.54) is 22.9 Å². The van der Waals surface area contributed by atoms with Gasteiger partial charge in [0.15, 0.2) is 22.5 Å². The number of benzene rings is 3. The first-order valence-corrected chi connectivity index (χ1v) is 12.1. The van der Waals surface area contributed by atoms with E-state index < -0.39 is 0 Å². The maximum absolute atomic E-state index is 13.1. The van der Waals surface area contributed by atoms with Crippen LogP contribution in [0.2, 0.25) is 0 Å². The minimum atomic E-state index is 0.103. The zero-order chi connectivity index (χ0) is 22.9. The summed E-state index contributed by atoms with van der Waals surface area (Å²) in [5.74, 6) is 2.50. The Morgan fingerprint density at radius 2 is 1.71 bits per heavy atom. The van der Waals surface area contributed by atoms with Gasteiger partial charge in [-0.05, 0) is 47.9 Å². The Bertz CT molecular complexity index is 1360. The van der Waals surface area contributed by atoms with Crippen LogP contribution >= 0.6 is 11.8 Å². The Labute approximate surface area is 201 Å². The lowest BCUT2D eigenvalue weighted by atomic mass is 10.00. The molecule has 0 spiro atoms. The Morgan fingerprint density at radius 3 is 2.59 bits per heavy atom. The molecule has 0 saturated carbocycles. The second kappa shape index (κ2) is 8.87. The van der Waals surface area contributed by atoms with Crippen molar-refractivity contribution in [3.63, 3.8) is 0 Å². The summed E-state index contributed by atoms with van der Waals surface area (Å²) in [5, 5.41) is 9.60. The molecule has 0 bridgehead atoms. The molecule has 0 N–H and O–H groups in total. The van der Waals surface area contributed by atoms with Gasteiger partial charge in [0.25, 0.3) is 0 Å². The fourth-order valence-corrected chi connectivity index (χ4v) is 5.18. The molecule has 4 aromatic rings. The maximum atomic E-state index is 13.1. The number of thioether (sulfide) groups is 1. The van der Waals surface area contributed by atoms with Gasteiger partial charge in [0.2, 0.25) is 12.7 Å². The van der Waals surface area contributed by atoms with Gasteiger partial charge in [0.05, 0.1) is 5.75 Å². The van der Waals surface area contributed by atoms with Crippen molar-refractivity contribution in [3.05, 3.63) is 83.9 Å². The summed E-state index contributed by atoms with van der Waals surface area (Å²) in [4.78, 5) is 15.0. The summed E-state index contributed by atoms with van der Waals surface area (Å²) in [6.07, 6.45) is 0.890. The molecular weight excluding hydrogens is 448 g/mol. The third-order valence-electron chi connectivity index (χ3n) is 6.09. The number of hydrogen-bond donors (Lipinski definition) is 0. The molecule has 34 heavy (non-hydrogen) atoms. The Hall–Kier alpha value is -3.78. The lowest BCUT2D eigenvalue weighted by molar-refractivity contribution is -0.129. The van der Waals surface area contributed by atoms with Gasteiger partial charge >= 0.3 is 0 Å². The summed E-state index contributed by atoms with van der Waals surface area (Å²) in [6, 6.07) is 24.0. The largest absolute Gasteiger partial charge is 0.454 e. The zero-order valence-electron chi connectivity index (χ0n) is 18.4. The second-order valence-corrected chi connectivity index (χ2v) is 9.11. The van der Waals surface area contributed by atoms with E-state index in [1.807, 2.05) is 64.1 Å². The Balaban J connectivity index is 1.26. The number of aromatic nitrogens is 3. The molecule has 0 radical (unpaired) electrons. The number of carbonyl (C=O) groups is 1. The van der Waals surface area contributed by atoms with Gasteiger partial charge in [-0.3, -0.25) is 9.36 Å². The Morgan fingerprint density at radius 1 is 0.912 bits per heavy atom. The van der Waals surface area contributed by atoms with Crippen molar-refractivity contribution in [1.29, 1.82) is 0 Å². The van der Waals surface area contributed by atoms with Crippen LogP contribution in [0, 0.1) is 0 Å². The van der Waals surface area contributed by atoms with Crippen molar-refractivity contribution in [2.45, 2.75) is 18.1 Å². The predicted octanol–water partition coefficient (Wildman–Crippen LogP) is 4.34. The van der Waals surface area contributed by atoms with E-state index in [9.17, 15) is 4.79 Å². The summed E-state index contributed by atoms with van der Waals surface area (Å²) in [5.41, 5.74) is 4.36. The van der Waals surface area contributed by atoms with Gasteiger partial charge in [0.1, 0.15) is 0 Å². The van der Waals surface area contributed by atoms with Crippen molar-refractivity contribution in [3.8, 4) is 28.6 Å². The minimum absolute atomic E-state index is 0.103. The number of nitrogens with zero attached hydrogens (tertiary/aromatic N) is 4. The van der Waals surface area contributed by atoms with Crippen LogP contribution in [0.15, 0.2) is 78.0 Å². The normalized spacial score (nSPS) is 14.2. The lowest BCUT2D eigenvalue weighted by Gasteiger charge is -2.28. The molecule has 8 heteroatoms. The lowest BCUT2D eigenvalue weighted by Crippen LogP contribution is -2.37. The molecule has 3 aromatic carbocycles. The number of para-hydroxylation sites is 1. The third-order valence-corrected chi connectivity index (χ3v) is 7.00. The van der Waals surface area contributed by atoms with Gasteiger partial charge < -0.3 is 14.4 Å². The summed E-state index contributed by atoms with van der Waals surface area (Å²) in [7, 11) is 0. The van der Waals surface area contributed by atoms with Crippen molar-refractivity contribution >= 4 is 17.7 Å². The molecule has 6 rings (SSSR count). The molecule has 0 unspecified atom stereocenters. The van der Waals surface area contributed by atoms with E-state index in [0.717, 1.165) is 30.0 Å². The average molecular weight is 471 g/mol. The van der Waals surface area contributed by atoms with Gasteiger partial charge in [0, 0.05) is 24.3 Å². The number of fused-ring (bicyclic) bond motifs is 2. The number of rotatable bonds is 5. The highest BCUT2D eigenvalue weighted by atomic mass is 32.2. The average Bonchev–Trinajstić information content (AvgIpc) is 3.54. The molecule has 7 nitrogen and oxygen atoms in total. The molecule has 2 aliphatic rings. The van der Waals surface area contributed by atoms with E-state index in [-0.39, 0.29) is 12.7 Å². The highest BCUT2D eigenvalue weighted by Gasteiger charge is 2.23. The number of amides is 1. The van der Waals surface area contributed by atoms with E-state index >= 15 is 0 Å². The summed E-state index contributed by atoms with van der Waals surface area (Å²) in [6.45, 7) is 1.61.